The minimum atomic E-state index is -5.34. The number of halogens is 2. The molecule has 54 heavy (non-hydrogen) atoms. The number of hydrogen-bond donors (Lipinski definition) is 5. The molecule has 1 aliphatic heterocycles. The second-order valence-electron chi connectivity index (χ2n) is 12.8. The highest BCUT2D eigenvalue weighted by molar-refractivity contribution is 7.66. The van der Waals surface area contributed by atoms with Gasteiger partial charge in [-0.25, -0.2) is 0 Å². The normalized spacial score (nSPS) is 16.9. The minimum absolute atomic E-state index is 0.108. The van der Waals surface area contributed by atoms with Gasteiger partial charge in [-0.1, -0.05) is 61.4 Å². The van der Waals surface area contributed by atoms with Crippen molar-refractivity contribution in [2.24, 2.45) is 0 Å². The van der Waals surface area contributed by atoms with E-state index in [2.05, 4.69) is 5.32 Å². The molecule has 0 bridgehead atoms. The van der Waals surface area contributed by atoms with Crippen LogP contribution in [0.2, 0.25) is 0 Å². The first-order chi connectivity index (χ1) is 25.5. The number of rotatable bonds is 22. The van der Waals surface area contributed by atoms with E-state index in [0.717, 1.165) is 18.9 Å². The summed E-state index contributed by atoms with van der Waals surface area (Å²) in [5, 5.41) is 9.23. The van der Waals surface area contributed by atoms with Crippen LogP contribution < -0.4 is 5.32 Å². The van der Waals surface area contributed by atoms with E-state index in [-0.39, 0.29) is 42.4 Å². The smallest absolute Gasteiger partial charge is 0.466 e. The Morgan fingerprint density at radius 3 is 2.33 bits per heavy atom. The fraction of sp³-hybridized carbons (Fsp3) is 0.500. The van der Waals surface area contributed by atoms with Gasteiger partial charge in [-0.2, -0.15) is 13.7 Å². The van der Waals surface area contributed by atoms with Crippen LogP contribution in [0.4, 0.5) is 8.78 Å². The predicted molar refractivity (Wildman–Crippen MR) is 192 cm³/mol. The van der Waals surface area contributed by atoms with E-state index in [1.807, 2.05) is 0 Å². The molecule has 5 N–H and O–H groups in total. The molecule has 18 heteroatoms. The number of alkyl halides is 2. The van der Waals surface area contributed by atoms with Gasteiger partial charge in [0.1, 0.15) is 0 Å². The molecule has 1 heterocycles. The van der Waals surface area contributed by atoms with Crippen LogP contribution in [0.15, 0.2) is 66.7 Å². The molecule has 1 saturated heterocycles. The highest BCUT2D eigenvalue weighted by atomic mass is 31.2. The SMILES string of the molecule is CCOC(=O)CCCCCCN1C(=O)CC[C@@H]1/C=C/[C@@H](OC(=O)Cc1ccc(C(=O)NCCCC(O)([P+](=O)O)P(=O)(O)O)cc1)C(F)(F)c1ccccc1. The number of benzene rings is 2. The molecule has 296 valence electrons. The van der Waals surface area contributed by atoms with E-state index in [1.54, 1.807) is 17.9 Å². The van der Waals surface area contributed by atoms with Crippen molar-refractivity contribution in [3.8, 4) is 0 Å². The molecule has 0 spiro atoms. The van der Waals surface area contributed by atoms with Gasteiger partial charge >= 0.3 is 38.6 Å². The van der Waals surface area contributed by atoms with Gasteiger partial charge in [-0.15, -0.1) is 0 Å². The number of carbonyl (C=O) groups is 4. The lowest BCUT2D eigenvalue weighted by Gasteiger charge is -2.27. The second-order valence-corrected chi connectivity index (χ2v) is 16.2. The number of aliphatic hydroxyl groups is 1. The van der Waals surface area contributed by atoms with Gasteiger partial charge in [-0.05, 0) is 60.9 Å². The number of nitrogens with one attached hydrogen (secondary N) is 1. The van der Waals surface area contributed by atoms with Gasteiger partial charge in [0, 0.05) is 43.5 Å². The lowest BCUT2D eigenvalue weighted by molar-refractivity contribution is -0.167. The molecular formula is C36H47F2N2O12P2+. The Balaban J connectivity index is 1.61. The van der Waals surface area contributed by atoms with Gasteiger partial charge in [0.15, 0.2) is 6.10 Å². The van der Waals surface area contributed by atoms with Crippen molar-refractivity contribution in [2.45, 2.75) is 94.3 Å². The monoisotopic (exact) mass is 799 g/mol. The summed E-state index contributed by atoms with van der Waals surface area (Å²) in [6, 6.07) is 12.0. The summed E-state index contributed by atoms with van der Waals surface area (Å²) < 4.78 is 64.8. The Morgan fingerprint density at radius 1 is 1.04 bits per heavy atom. The first-order valence-electron chi connectivity index (χ1n) is 17.6. The summed E-state index contributed by atoms with van der Waals surface area (Å²) in [7, 11) is -8.98. The van der Waals surface area contributed by atoms with Crippen LogP contribution in [-0.2, 0) is 45.3 Å². The predicted octanol–water partition coefficient (Wildman–Crippen LogP) is 5.06. The van der Waals surface area contributed by atoms with Crippen LogP contribution in [0.3, 0.4) is 0 Å². The number of hydrogen-bond acceptors (Lipinski definition) is 9. The van der Waals surface area contributed by atoms with Crippen LogP contribution in [0, 0.1) is 0 Å². The maximum absolute atomic E-state index is 15.9. The van der Waals surface area contributed by atoms with E-state index >= 15 is 8.78 Å². The number of unbranched alkanes of at least 4 members (excludes halogenated alkanes) is 3. The maximum Gasteiger partial charge on any atom is 0.554 e. The lowest BCUT2D eigenvalue weighted by Crippen LogP contribution is -2.36. The van der Waals surface area contributed by atoms with E-state index in [1.165, 1.54) is 54.6 Å². The number of nitrogens with zero attached hydrogens (tertiary/aromatic N) is 1. The average molecular weight is 800 g/mol. The Hall–Kier alpha value is -3.91. The highest BCUT2D eigenvalue weighted by Crippen LogP contribution is 2.62. The summed E-state index contributed by atoms with van der Waals surface area (Å²) in [6.07, 6.45) is 3.01. The summed E-state index contributed by atoms with van der Waals surface area (Å²) in [6.45, 7) is 2.28. The third-order valence-electron chi connectivity index (χ3n) is 8.80. The molecule has 14 nitrogen and oxygen atoms in total. The van der Waals surface area contributed by atoms with Crippen LogP contribution in [0.1, 0.15) is 86.2 Å². The molecule has 0 aromatic heterocycles. The first-order valence-corrected chi connectivity index (χ1v) is 20.4. The molecule has 1 aliphatic rings. The van der Waals surface area contributed by atoms with Crippen molar-refractivity contribution < 1.29 is 66.3 Å². The molecule has 1 fully saturated rings. The number of likely N-dealkylation sites (tertiary alicyclic amines) is 1. The molecule has 2 aromatic carbocycles. The number of esters is 2. The fourth-order valence-corrected chi connectivity index (χ4v) is 7.47. The van der Waals surface area contributed by atoms with Crippen LogP contribution in [-0.4, -0.2) is 85.4 Å². The third kappa shape index (κ3) is 12.9. The molecule has 2 amide bonds. The summed E-state index contributed by atoms with van der Waals surface area (Å²) in [5.41, 5.74) is 0.0894. The van der Waals surface area contributed by atoms with E-state index in [0.29, 0.717) is 44.4 Å². The summed E-state index contributed by atoms with van der Waals surface area (Å²) in [5.74, 6) is -5.59. The zero-order chi connectivity index (χ0) is 39.9. The molecular weight excluding hydrogens is 752 g/mol. The molecule has 0 saturated carbocycles. The average Bonchev–Trinajstić information content (AvgIpc) is 3.48. The minimum Gasteiger partial charge on any atom is -0.466 e. The van der Waals surface area contributed by atoms with Gasteiger partial charge in [0.2, 0.25) is 5.91 Å². The van der Waals surface area contributed by atoms with E-state index in [4.69, 9.17) is 14.4 Å². The van der Waals surface area contributed by atoms with Gasteiger partial charge < -0.3 is 34.6 Å². The lowest BCUT2D eigenvalue weighted by atomic mass is 10.0. The van der Waals surface area contributed by atoms with Gasteiger partial charge in [0.05, 0.1) is 19.1 Å². The summed E-state index contributed by atoms with van der Waals surface area (Å²) >= 11 is 0. The van der Waals surface area contributed by atoms with Crippen molar-refractivity contribution >= 4 is 39.4 Å². The Kier molecular flexibility index (Phi) is 17.0. The summed E-state index contributed by atoms with van der Waals surface area (Å²) in [4.78, 5) is 79.0. The van der Waals surface area contributed by atoms with E-state index in [9.17, 15) is 43.2 Å². The molecule has 2 unspecified atom stereocenters. The van der Waals surface area contributed by atoms with Crippen LogP contribution >= 0.6 is 15.6 Å². The van der Waals surface area contributed by atoms with Gasteiger partial charge in [0.25, 0.3) is 5.91 Å². The molecule has 4 atom stereocenters. The maximum atomic E-state index is 15.9. The number of carbonyl (C=O) groups excluding carboxylic acids is 4. The molecule has 2 aromatic rings. The Morgan fingerprint density at radius 2 is 1.70 bits per heavy atom. The van der Waals surface area contributed by atoms with Crippen molar-refractivity contribution in [2.75, 3.05) is 19.7 Å². The Labute approximate surface area is 312 Å². The molecule has 3 rings (SSSR count). The third-order valence-corrected chi connectivity index (χ3v) is 12.1. The van der Waals surface area contributed by atoms with Gasteiger partial charge in [-0.3, -0.25) is 23.7 Å². The van der Waals surface area contributed by atoms with Crippen molar-refractivity contribution in [3.63, 3.8) is 0 Å². The van der Waals surface area contributed by atoms with Crippen molar-refractivity contribution in [3.05, 3.63) is 83.4 Å². The zero-order valence-electron chi connectivity index (χ0n) is 29.9. The quantitative estimate of drug-likeness (QED) is 0.0457. The van der Waals surface area contributed by atoms with Crippen molar-refractivity contribution in [1.82, 2.24) is 10.2 Å². The second kappa shape index (κ2) is 20.7. The van der Waals surface area contributed by atoms with Crippen LogP contribution in [0.5, 0.6) is 0 Å². The topological polar surface area (TPSA) is 217 Å². The Bertz CT molecular complexity index is 1670. The number of amides is 2. The largest absolute Gasteiger partial charge is 0.554 e. The van der Waals surface area contributed by atoms with Crippen LogP contribution in [0.25, 0.3) is 0 Å². The van der Waals surface area contributed by atoms with Crippen molar-refractivity contribution in [1.29, 1.82) is 0 Å². The number of ether oxygens (including phenoxy) is 2. The zero-order valence-corrected chi connectivity index (χ0v) is 31.6. The van der Waals surface area contributed by atoms with E-state index < -0.39 is 63.5 Å². The molecule has 0 aliphatic carbocycles. The first kappa shape index (κ1) is 44.5. The fourth-order valence-electron chi connectivity index (χ4n) is 5.78. The molecule has 0 radical (unpaired) electrons. The standard InChI is InChI=1S/C36H46F2N2O12P2/c1-2-51-32(42)13-8-3-4-9-24-40-29(19-21-31(40)41)18-20-30(36(37,38)28-11-6-5-7-12-28)52-33(43)25-26-14-16-27(17-15-26)34(44)39-23-10-22-35(45,53(46)47)54(48,49)50/h5-7,11-12,14-18,20,29-30,45H,2-4,8-10,13,19,21-25H2,1H3,(H3-,39,44,46,47,48,49,50)/p+1/b20-18+/t29-,30+,35?/m0/s1. The highest BCUT2D eigenvalue weighted by Gasteiger charge is 2.62.